The zero-order valence-electron chi connectivity index (χ0n) is 11.2. The number of halogens is 3. The van der Waals surface area contributed by atoms with Crippen LogP contribution in [0.5, 0.6) is 0 Å². The third kappa shape index (κ3) is 2.67. The molecule has 112 valence electrons. The Morgan fingerprint density at radius 2 is 1.82 bits per heavy atom. The Labute approximate surface area is 123 Å². The highest BCUT2D eigenvalue weighted by Crippen LogP contribution is 2.30. The summed E-state index contributed by atoms with van der Waals surface area (Å²) in [5, 5.41) is 3.21. The summed E-state index contributed by atoms with van der Waals surface area (Å²) in [6.07, 6.45) is -2.74. The van der Waals surface area contributed by atoms with E-state index in [2.05, 4.69) is 10.3 Å². The standard InChI is InChI=1S/C16H11F3N2O/c17-16(18,19)10-3-1-4-11(9-10)21-15(22)13-5-2-6-14-12(13)7-8-20-14/h1-9,20H,(H,21,22). The highest BCUT2D eigenvalue weighted by molar-refractivity contribution is 6.12. The van der Waals surface area contributed by atoms with Crippen LogP contribution in [0.15, 0.2) is 54.7 Å². The summed E-state index contributed by atoms with van der Waals surface area (Å²) in [5.41, 5.74) is 0.491. The summed E-state index contributed by atoms with van der Waals surface area (Å²) in [6.45, 7) is 0. The molecule has 2 aromatic carbocycles. The third-order valence-electron chi connectivity index (χ3n) is 3.29. The van der Waals surface area contributed by atoms with Crippen molar-refractivity contribution in [1.82, 2.24) is 4.98 Å². The molecule has 0 spiro atoms. The molecule has 0 fully saturated rings. The highest BCUT2D eigenvalue weighted by atomic mass is 19.4. The smallest absolute Gasteiger partial charge is 0.361 e. The van der Waals surface area contributed by atoms with Gasteiger partial charge >= 0.3 is 6.18 Å². The first-order valence-electron chi connectivity index (χ1n) is 6.50. The van der Waals surface area contributed by atoms with Crippen LogP contribution >= 0.6 is 0 Å². The fraction of sp³-hybridized carbons (Fsp3) is 0.0625. The molecule has 0 saturated carbocycles. The van der Waals surface area contributed by atoms with Crippen LogP contribution in [0.25, 0.3) is 10.9 Å². The van der Waals surface area contributed by atoms with E-state index in [1.807, 2.05) is 6.07 Å². The molecule has 0 saturated heterocycles. The lowest BCUT2D eigenvalue weighted by atomic mass is 10.1. The van der Waals surface area contributed by atoms with Crippen LogP contribution in [0.2, 0.25) is 0 Å². The predicted molar refractivity (Wildman–Crippen MR) is 77.7 cm³/mol. The lowest BCUT2D eigenvalue weighted by Gasteiger charge is -2.10. The number of aromatic amines is 1. The zero-order valence-corrected chi connectivity index (χ0v) is 11.2. The van der Waals surface area contributed by atoms with Crippen LogP contribution in [0.3, 0.4) is 0 Å². The van der Waals surface area contributed by atoms with Gasteiger partial charge in [-0.2, -0.15) is 13.2 Å². The molecule has 1 amide bonds. The number of alkyl halides is 3. The molecule has 6 heteroatoms. The maximum Gasteiger partial charge on any atom is 0.416 e. The molecular formula is C16H11F3N2O. The minimum absolute atomic E-state index is 0.104. The Balaban J connectivity index is 1.90. The minimum Gasteiger partial charge on any atom is -0.361 e. The first-order chi connectivity index (χ1) is 10.4. The quantitative estimate of drug-likeness (QED) is 0.722. The molecule has 0 unspecified atom stereocenters. The number of anilines is 1. The van der Waals surface area contributed by atoms with Gasteiger partial charge < -0.3 is 10.3 Å². The Hall–Kier alpha value is -2.76. The normalized spacial score (nSPS) is 11.6. The minimum atomic E-state index is -4.44. The van der Waals surface area contributed by atoms with E-state index >= 15 is 0 Å². The van der Waals surface area contributed by atoms with E-state index in [4.69, 9.17) is 0 Å². The van der Waals surface area contributed by atoms with Gasteiger partial charge in [-0.3, -0.25) is 4.79 Å². The number of carbonyl (C=O) groups excluding carboxylic acids is 1. The van der Waals surface area contributed by atoms with Gasteiger partial charge in [-0.25, -0.2) is 0 Å². The van der Waals surface area contributed by atoms with Gasteiger partial charge in [0.15, 0.2) is 0 Å². The number of benzene rings is 2. The highest BCUT2D eigenvalue weighted by Gasteiger charge is 2.30. The average Bonchev–Trinajstić information content (AvgIpc) is 2.94. The topological polar surface area (TPSA) is 44.9 Å². The Morgan fingerprint density at radius 3 is 2.59 bits per heavy atom. The van der Waals surface area contributed by atoms with Gasteiger partial charge in [0.05, 0.1) is 5.56 Å². The van der Waals surface area contributed by atoms with Crippen LogP contribution in [-0.4, -0.2) is 10.9 Å². The molecule has 1 heterocycles. The summed E-state index contributed by atoms with van der Waals surface area (Å²) in [7, 11) is 0. The van der Waals surface area contributed by atoms with E-state index in [0.29, 0.717) is 10.9 Å². The largest absolute Gasteiger partial charge is 0.416 e. The van der Waals surface area contributed by atoms with Crippen molar-refractivity contribution in [3.05, 3.63) is 65.9 Å². The van der Waals surface area contributed by atoms with E-state index in [1.165, 1.54) is 12.1 Å². The first-order valence-corrected chi connectivity index (χ1v) is 6.50. The summed E-state index contributed by atoms with van der Waals surface area (Å²) in [4.78, 5) is 15.3. The van der Waals surface area contributed by atoms with Crippen LogP contribution in [0.4, 0.5) is 18.9 Å². The second-order valence-electron chi connectivity index (χ2n) is 4.78. The molecule has 2 N–H and O–H groups in total. The van der Waals surface area contributed by atoms with Crippen molar-refractivity contribution in [2.45, 2.75) is 6.18 Å². The van der Waals surface area contributed by atoms with Crippen molar-refractivity contribution in [1.29, 1.82) is 0 Å². The maximum absolute atomic E-state index is 12.7. The van der Waals surface area contributed by atoms with Crippen LogP contribution in [0, 0.1) is 0 Å². The number of rotatable bonds is 2. The molecule has 0 aliphatic rings. The fourth-order valence-corrected chi connectivity index (χ4v) is 2.26. The van der Waals surface area contributed by atoms with Gasteiger partial charge in [-0.15, -0.1) is 0 Å². The molecule has 0 bridgehead atoms. The summed E-state index contributed by atoms with van der Waals surface area (Å²) >= 11 is 0. The van der Waals surface area contributed by atoms with E-state index in [-0.39, 0.29) is 5.69 Å². The molecule has 3 rings (SSSR count). The second kappa shape index (κ2) is 5.22. The SMILES string of the molecule is O=C(Nc1cccc(C(F)(F)F)c1)c1cccc2[nH]ccc12. The van der Waals surface area contributed by atoms with E-state index in [0.717, 1.165) is 17.6 Å². The van der Waals surface area contributed by atoms with E-state index in [9.17, 15) is 18.0 Å². The molecule has 0 radical (unpaired) electrons. The van der Waals surface area contributed by atoms with Gasteiger partial charge in [0.1, 0.15) is 0 Å². The average molecular weight is 304 g/mol. The van der Waals surface area contributed by atoms with Crippen LogP contribution in [0.1, 0.15) is 15.9 Å². The number of amides is 1. The van der Waals surface area contributed by atoms with Crippen molar-refractivity contribution in [3.8, 4) is 0 Å². The zero-order chi connectivity index (χ0) is 15.7. The predicted octanol–water partition coefficient (Wildman–Crippen LogP) is 4.44. The van der Waals surface area contributed by atoms with Gasteiger partial charge in [-0.1, -0.05) is 12.1 Å². The van der Waals surface area contributed by atoms with Crippen LogP contribution < -0.4 is 5.32 Å². The van der Waals surface area contributed by atoms with Crippen molar-refractivity contribution in [2.24, 2.45) is 0 Å². The van der Waals surface area contributed by atoms with Gasteiger partial charge in [0, 0.05) is 28.4 Å². The molecule has 0 atom stereocenters. The number of hydrogen-bond acceptors (Lipinski definition) is 1. The van der Waals surface area contributed by atoms with Gasteiger partial charge in [0.25, 0.3) is 5.91 Å². The molecule has 22 heavy (non-hydrogen) atoms. The van der Waals surface area contributed by atoms with Crippen LogP contribution in [-0.2, 0) is 6.18 Å². The van der Waals surface area contributed by atoms with Crippen molar-refractivity contribution >= 4 is 22.5 Å². The number of aromatic nitrogens is 1. The molecule has 1 aromatic heterocycles. The third-order valence-corrected chi connectivity index (χ3v) is 3.29. The number of fused-ring (bicyclic) bond motifs is 1. The van der Waals surface area contributed by atoms with Gasteiger partial charge in [0.2, 0.25) is 0 Å². The number of carbonyl (C=O) groups is 1. The lowest BCUT2D eigenvalue weighted by Crippen LogP contribution is -2.13. The Bertz CT molecular complexity index is 837. The number of nitrogens with one attached hydrogen (secondary N) is 2. The second-order valence-corrected chi connectivity index (χ2v) is 4.78. The monoisotopic (exact) mass is 304 g/mol. The summed E-state index contributed by atoms with van der Waals surface area (Å²) in [6, 6.07) is 11.4. The first kappa shape index (κ1) is 14.2. The summed E-state index contributed by atoms with van der Waals surface area (Å²) < 4.78 is 38.0. The van der Waals surface area contributed by atoms with Crippen molar-refractivity contribution < 1.29 is 18.0 Å². The number of hydrogen-bond donors (Lipinski definition) is 2. The molecule has 3 nitrogen and oxygen atoms in total. The van der Waals surface area contributed by atoms with Gasteiger partial charge in [-0.05, 0) is 36.4 Å². The van der Waals surface area contributed by atoms with Crippen molar-refractivity contribution in [3.63, 3.8) is 0 Å². The molecule has 0 aliphatic carbocycles. The number of H-pyrrole nitrogens is 1. The Morgan fingerprint density at radius 1 is 1.05 bits per heavy atom. The van der Waals surface area contributed by atoms with E-state index < -0.39 is 17.6 Å². The maximum atomic E-state index is 12.7. The molecule has 0 aliphatic heterocycles. The fourth-order valence-electron chi connectivity index (χ4n) is 2.26. The molecular weight excluding hydrogens is 293 g/mol. The van der Waals surface area contributed by atoms with Crippen molar-refractivity contribution in [2.75, 3.05) is 5.32 Å². The summed E-state index contributed by atoms with van der Waals surface area (Å²) in [5.74, 6) is -0.454. The molecule has 3 aromatic rings. The van der Waals surface area contributed by atoms with E-state index in [1.54, 1.807) is 24.4 Å². The Kier molecular flexibility index (Phi) is 3.36. The lowest BCUT2D eigenvalue weighted by molar-refractivity contribution is -0.137.